The van der Waals surface area contributed by atoms with Crippen molar-refractivity contribution in [1.29, 1.82) is 0 Å². The summed E-state index contributed by atoms with van der Waals surface area (Å²) in [6, 6.07) is 10.4. The minimum atomic E-state index is -4.43. The molecule has 1 fully saturated rings. The van der Waals surface area contributed by atoms with Gasteiger partial charge >= 0.3 is 6.18 Å². The van der Waals surface area contributed by atoms with Gasteiger partial charge in [0, 0.05) is 17.7 Å². The summed E-state index contributed by atoms with van der Waals surface area (Å²) >= 11 is 0. The van der Waals surface area contributed by atoms with Gasteiger partial charge in [-0.15, -0.1) is 0 Å². The fourth-order valence-electron chi connectivity index (χ4n) is 3.16. The van der Waals surface area contributed by atoms with Gasteiger partial charge in [-0.3, -0.25) is 4.79 Å². The number of amides is 1. The molecular weight excluding hydrogens is 359 g/mol. The molecule has 1 aliphatic carbocycles. The van der Waals surface area contributed by atoms with Crippen LogP contribution in [0.25, 0.3) is 0 Å². The SMILES string of the molecule is CCOc1ccc(NC(=O)C2CC2c2ccccc2C(F)(F)F)cc1OC. The average Bonchev–Trinajstić information content (AvgIpc) is 3.43. The van der Waals surface area contributed by atoms with E-state index in [2.05, 4.69) is 5.32 Å². The number of ether oxygens (including phenoxy) is 2. The molecule has 0 radical (unpaired) electrons. The summed E-state index contributed by atoms with van der Waals surface area (Å²) in [5.41, 5.74) is 0.0116. The third-order valence-corrected chi connectivity index (χ3v) is 4.52. The van der Waals surface area contributed by atoms with Crippen LogP contribution in [-0.4, -0.2) is 19.6 Å². The first-order valence-electron chi connectivity index (χ1n) is 8.63. The van der Waals surface area contributed by atoms with E-state index in [0.717, 1.165) is 6.07 Å². The predicted molar refractivity (Wildman–Crippen MR) is 95.1 cm³/mol. The zero-order valence-corrected chi connectivity index (χ0v) is 15.0. The number of hydrogen-bond acceptors (Lipinski definition) is 3. The molecule has 144 valence electrons. The monoisotopic (exact) mass is 379 g/mol. The maximum absolute atomic E-state index is 13.2. The van der Waals surface area contributed by atoms with E-state index in [0.29, 0.717) is 30.2 Å². The van der Waals surface area contributed by atoms with Gasteiger partial charge in [-0.2, -0.15) is 13.2 Å². The molecule has 2 aromatic carbocycles. The van der Waals surface area contributed by atoms with Gasteiger partial charge in [-0.05, 0) is 43.0 Å². The molecule has 7 heteroatoms. The molecule has 1 aliphatic rings. The lowest BCUT2D eigenvalue weighted by Gasteiger charge is -2.13. The van der Waals surface area contributed by atoms with Gasteiger partial charge in [0.25, 0.3) is 0 Å². The number of benzene rings is 2. The average molecular weight is 379 g/mol. The zero-order valence-electron chi connectivity index (χ0n) is 15.0. The van der Waals surface area contributed by atoms with Crippen LogP contribution in [0.1, 0.15) is 30.4 Å². The molecule has 2 aromatic rings. The largest absolute Gasteiger partial charge is 0.493 e. The van der Waals surface area contributed by atoms with Gasteiger partial charge in [-0.25, -0.2) is 0 Å². The Morgan fingerprint density at radius 2 is 1.93 bits per heavy atom. The third-order valence-electron chi connectivity index (χ3n) is 4.52. The Morgan fingerprint density at radius 1 is 1.19 bits per heavy atom. The highest BCUT2D eigenvalue weighted by atomic mass is 19.4. The molecule has 2 atom stereocenters. The van der Waals surface area contributed by atoms with Crippen molar-refractivity contribution in [3.63, 3.8) is 0 Å². The first-order valence-corrected chi connectivity index (χ1v) is 8.63. The maximum Gasteiger partial charge on any atom is 0.416 e. The van der Waals surface area contributed by atoms with Gasteiger partial charge in [0.05, 0.1) is 19.3 Å². The highest BCUT2D eigenvalue weighted by Gasteiger charge is 2.47. The number of alkyl halides is 3. The number of anilines is 1. The van der Waals surface area contributed by atoms with Crippen molar-refractivity contribution in [2.24, 2.45) is 5.92 Å². The fraction of sp³-hybridized carbons (Fsp3) is 0.350. The standard InChI is InChI=1S/C20H20F3NO3/c1-3-27-17-9-8-12(10-18(17)26-2)24-19(25)15-11-14(15)13-6-4-5-7-16(13)20(21,22)23/h4-10,14-15H,3,11H2,1-2H3,(H,24,25). The van der Waals surface area contributed by atoms with Crippen molar-refractivity contribution in [3.8, 4) is 11.5 Å². The van der Waals surface area contributed by atoms with Crippen LogP contribution in [0.2, 0.25) is 0 Å². The van der Waals surface area contributed by atoms with Crippen molar-refractivity contribution in [3.05, 3.63) is 53.6 Å². The summed E-state index contributed by atoms with van der Waals surface area (Å²) in [7, 11) is 1.49. The van der Waals surface area contributed by atoms with E-state index in [1.54, 1.807) is 24.3 Å². The summed E-state index contributed by atoms with van der Waals surface area (Å²) in [5, 5.41) is 2.75. The lowest BCUT2D eigenvalue weighted by Crippen LogP contribution is -2.15. The highest BCUT2D eigenvalue weighted by molar-refractivity contribution is 5.95. The van der Waals surface area contributed by atoms with Crippen LogP contribution in [-0.2, 0) is 11.0 Å². The summed E-state index contributed by atoms with van der Waals surface area (Å²) in [4.78, 5) is 12.5. The Hall–Kier alpha value is -2.70. The van der Waals surface area contributed by atoms with Crippen LogP contribution in [0.15, 0.2) is 42.5 Å². The van der Waals surface area contributed by atoms with Gasteiger partial charge < -0.3 is 14.8 Å². The molecule has 3 rings (SSSR count). The quantitative estimate of drug-likeness (QED) is 0.780. The van der Waals surface area contributed by atoms with Crippen LogP contribution in [0.3, 0.4) is 0 Å². The second-order valence-corrected chi connectivity index (χ2v) is 6.32. The second-order valence-electron chi connectivity index (χ2n) is 6.32. The Labute approximate surface area is 155 Å². The van der Waals surface area contributed by atoms with Crippen LogP contribution in [0, 0.1) is 5.92 Å². The lowest BCUT2D eigenvalue weighted by molar-refractivity contribution is -0.138. The molecule has 2 unspecified atom stereocenters. The zero-order chi connectivity index (χ0) is 19.6. The Balaban J connectivity index is 1.71. The topological polar surface area (TPSA) is 47.6 Å². The molecular formula is C20H20F3NO3. The Bertz CT molecular complexity index is 835. The van der Waals surface area contributed by atoms with Gasteiger partial charge in [0.15, 0.2) is 11.5 Å². The van der Waals surface area contributed by atoms with E-state index in [9.17, 15) is 18.0 Å². The van der Waals surface area contributed by atoms with E-state index in [4.69, 9.17) is 9.47 Å². The number of halogens is 3. The minimum Gasteiger partial charge on any atom is -0.493 e. The van der Waals surface area contributed by atoms with Gasteiger partial charge in [0.2, 0.25) is 5.91 Å². The summed E-state index contributed by atoms with van der Waals surface area (Å²) in [6.07, 6.45) is -4.03. The van der Waals surface area contributed by atoms with Crippen molar-refractivity contribution < 1.29 is 27.4 Å². The molecule has 0 heterocycles. The van der Waals surface area contributed by atoms with Gasteiger partial charge in [-0.1, -0.05) is 18.2 Å². The molecule has 0 aliphatic heterocycles. The molecule has 0 aromatic heterocycles. The van der Waals surface area contributed by atoms with E-state index >= 15 is 0 Å². The molecule has 27 heavy (non-hydrogen) atoms. The highest BCUT2D eigenvalue weighted by Crippen LogP contribution is 2.51. The number of carbonyl (C=O) groups is 1. The third kappa shape index (κ3) is 4.18. The van der Waals surface area contributed by atoms with Crippen molar-refractivity contribution in [1.82, 2.24) is 0 Å². The van der Waals surface area contributed by atoms with E-state index < -0.39 is 23.6 Å². The summed E-state index contributed by atoms with van der Waals surface area (Å²) in [5.74, 6) is -0.174. The Morgan fingerprint density at radius 3 is 2.59 bits per heavy atom. The van der Waals surface area contributed by atoms with Crippen LogP contribution in [0.4, 0.5) is 18.9 Å². The number of carbonyl (C=O) groups excluding carboxylic acids is 1. The molecule has 0 saturated heterocycles. The van der Waals surface area contributed by atoms with Gasteiger partial charge in [0.1, 0.15) is 0 Å². The normalized spacial score (nSPS) is 18.7. The summed E-state index contributed by atoms with van der Waals surface area (Å²) < 4.78 is 50.2. The molecule has 1 N–H and O–H groups in total. The number of rotatable bonds is 6. The Kier molecular flexibility index (Phi) is 5.30. The molecule has 4 nitrogen and oxygen atoms in total. The molecule has 1 amide bonds. The minimum absolute atomic E-state index is 0.175. The lowest BCUT2D eigenvalue weighted by atomic mass is 10.0. The van der Waals surface area contributed by atoms with Crippen molar-refractivity contribution in [2.45, 2.75) is 25.4 Å². The van der Waals surface area contributed by atoms with Crippen LogP contribution >= 0.6 is 0 Å². The molecule has 0 spiro atoms. The predicted octanol–water partition coefficient (Wildman–Crippen LogP) is 4.85. The first kappa shape index (κ1) is 19.1. The number of nitrogens with one attached hydrogen (secondary N) is 1. The first-order chi connectivity index (χ1) is 12.8. The van der Waals surface area contributed by atoms with E-state index in [1.807, 2.05) is 6.92 Å². The van der Waals surface area contributed by atoms with E-state index in [1.165, 1.54) is 19.2 Å². The van der Waals surface area contributed by atoms with Crippen molar-refractivity contribution in [2.75, 3.05) is 19.0 Å². The smallest absolute Gasteiger partial charge is 0.416 e. The fourth-order valence-corrected chi connectivity index (χ4v) is 3.16. The van der Waals surface area contributed by atoms with Crippen LogP contribution in [0.5, 0.6) is 11.5 Å². The molecule has 0 bridgehead atoms. The number of hydrogen-bond donors (Lipinski definition) is 1. The van der Waals surface area contributed by atoms with Crippen LogP contribution < -0.4 is 14.8 Å². The summed E-state index contributed by atoms with van der Waals surface area (Å²) in [6.45, 7) is 2.32. The maximum atomic E-state index is 13.2. The molecule has 1 saturated carbocycles. The second kappa shape index (κ2) is 7.50. The number of methoxy groups -OCH3 is 1. The van der Waals surface area contributed by atoms with Crippen molar-refractivity contribution >= 4 is 11.6 Å². The van der Waals surface area contributed by atoms with E-state index in [-0.39, 0.29) is 11.5 Å².